The van der Waals surface area contributed by atoms with Crippen LogP contribution in [-0.2, 0) is 22.5 Å². The molecule has 1 N–H and O–H groups in total. The molecule has 6 nitrogen and oxygen atoms in total. The van der Waals surface area contributed by atoms with Crippen LogP contribution in [0.25, 0.3) is 0 Å². The van der Waals surface area contributed by atoms with Crippen LogP contribution in [0.1, 0.15) is 17.7 Å². The number of benzene rings is 1. The number of aliphatic imine (C=N–C) groups is 1. The van der Waals surface area contributed by atoms with Gasteiger partial charge in [-0.15, -0.1) is 0 Å². The number of furan rings is 1. The lowest BCUT2D eigenvalue weighted by molar-refractivity contribution is 0.0906. The van der Waals surface area contributed by atoms with Crippen LogP contribution in [0, 0.1) is 5.92 Å². The van der Waals surface area contributed by atoms with E-state index in [0.29, 0.717) is 25.7 Å². The summed E-state index contributed by atoms with van der Waals surface area (Å²) < 4.78 is 16.5. The highest BCUT2D eigenvalue weighted by molar-refractivity contribution is 5.80. The number of hydrogen-bond acceptors (Lipinski definition) is 4. The van der Waals surface area contributed by atoms with Crippen molar-refractivity contribution in [2.75, 3.05) is 46.5 Å². The third-order valence-corrected chi connectivity index (χ3v) is 4.84. The smallest absolute Gasteiger partial charge is 0.194 e. The zero-order valence-corrected chi connectivity index (χ0v) is 16.7. The van der Waals surface area contributed by atoms with Gasteiger partial charge in [-0.1, -0.05) is 30.3 Å². The fourth-order valence-electron chi connectivity index (χ4n) is 3.34. The summed E-state index contributed by atoms with van der Waals surface area (Å²) in [6.07, 6.45) is 3.68. The first-order valence-electron chi connectivity index (χ1n) is 10.0. The zero-order chi connectivity index (χ0) is 19.4. The van der Waals surface area contributed by atoms with Gasteiger partial charge >= 0.3 is 0 Å². The van der Waals surface area contributed by atoms with Gasteiger partial charge in [0.05, 0.1) is 32.6 Å². The van der Waals surface area contributed by atoms with Gasteiger partial charge in [-0.25, -0.2) is 0 Å². The van der Waals surface area contributed by atoms with Crippen LogP contribution in [0.15, 0.2) is 58.1 Å². The molecule has 2 aromatic rings. The quantitative estimate of drug-likeness (QED) is 0.387. The number of ether oxygens (including phenoxy) is 2. The van der Waals surface area contributed by atoms with E-state index in [1.54, 1.807) is 13.4 Å². The molecule has 0 spiro atoms. The standard InChI is InChI=1S/C22H31N3O3/c1-26-15-12-24-22(23-11-9-21-8-5-14-28-21)25-13-10-20(16-25)18-27-17-19-6-3-2-4-7-19/h2-8,14,20H,9-13,15-18H2,1H3,(H,23,24). The first-order chi connectivity index (χ1) is 13.8. The molecule has 1 aromatic heterocycles. The van der Waals surface area contributed by atoms with E-state index in [2.05, 4.69) is 22.3 Å². The van der Waals surface area contributed by atoms with E-state index >= 15 is 0 Å². The van der Waals surface area contributed by atoms with Crippen molar-refractivity contribution in [1.82, 2.24) is 10.2 Å². The van der Waals surface area contributed by atoms with Crippen LogP contribution in [-0.4, -0.2) is 57.4 Å². The van der Waals surface area contributed by atoms with Gasteiger partial charge in [-0.3, -0.25) is 4.99 Å². The predicted octanol–water partition coefficient (Wildman–Crippen LogP) is 2.95. The zero-order valence-electron chi connectivity index (χ0n) is 16.7. The lowest BCUT2D eigenvalue weighted by Crippen LogP contribution is -2.41. The Kier molecular flexibility index (Phi) is 8.40. The second-order valence-electron chi connectivity index (χ2n) is 7.06. The van der Waals surface area contributed by atoms with Crippen molar-refractivity contribution in [3.8, 4) is 0 Å². The van der Waals surface area contributed by atoms with Crippen molar-refractivity contribution >= 4 is 5.96 Å². The summed E-state index contributed by atoms with van der Waals surface area (Å²) >= 11 is 0. The maximum absolute atomic E-state index is 5.94. The van der Waals surface area contributed by atoms with E-state index in [0.717, 1.165) is 50.8 Å². The van der Waals surface area contributed by atoms with Crippen molar-refractivity contribution in [2.24, 2.45) is 10.9 Å². The van der Waals surface area contributed by atoms with Crippen LogP contribution < -0.4 is 5.32 Å². The molecule has 1 aliphatic heterocycles. The summed E-state index contributed by atoms with van der Waals surface area (Å²) in [4.78, 5) is 7.04. The summed E-state index contributed by atoms with van der Waals surface area (Å²) in [5, 5.41) is 3.48. The summed E-state index contributed by atoms with van der Waals surface area (Å²) in [6, 6.07) is 14.2. The predicted molar refractivity (Wildman–Crippen MR) is 110 cm³/mol. The number of nitrogens with one attached hydrogen (secondary N) is 1. The van der Waals surface area contributed by atoms with Gasteiger partial charge in [0.2, 0.25) is 0 Å². The number of rotatable bonds is 10. The Bertz CT molecular complexity index is 688. The molecule has 6 heteroatoms. The largest absolute Gasteiger partial charge is 0.469 e. The first kappa shape index (κ1) is 20.4. The molecular weight excluding hydrogens is 354 g/mol. The van der Waals surface area contributed by atoms with Gasteiger partial charge < -0.3 is 24.1 Å². The van der Waals surface area contributed by atoms with Crippen LogP contribution in [0.4, 0.5) is 0 Å². The van der Waals surface area contributed by atoms with E-state index in [9.17, 15) is 0 Å². The molecule has 0 aliphatic carbocycles. The first-order valence-corrected chi connectivity index (χ1v) is 10.0. The summed E-state index contributed by atoms with van der Waals surface area (Å²) in [5.41, 5.74) is 1.22. The average molecular weight is 386 g/mol. The number of nitrogens with zero attached hydrogens (tertiary/aromatic N) is 2. The second-order valence-corrected chi connectivity index (χ2v) is 7.06. The van der Waals surface area contributed by atoms with Crippen molar-refractivity contribution in [2.45, 2.75) is 19.4 Å². The third kappa shape index (κ3) is 6.69. The van der Waals surface area contributed by atoms with E-state index < -0.39 is 0 Å². The molecule has 28 heavy (non-hydrogen) atoms. The van der Waals surface area contributed by atoms with Crippen LogP contribution >= 0.6 is 0 Å². The SMILES string of the molecule is COCCN=C(NCCc1ccco1)N1CCC(COCc2ccccc2)C1. The fourth-order valence-corrected chi connectivity index (χ4v) is 3.34. The van der Waals surface area contributed by atoms with Crippen molar-refractivity contribution in [1.29, 1.82) is 0 Å². The topological polar surface area (TPSA) is 59.2 Å². The van der Waals surface area contributed by atoms with Crippen molar-refractivity contribution in [3.05, 3.63) is 60.1 Å². The molecule has 1 fully saturated rings. The molecule has 1 aromatic carbocycles. The molecule has 1 saturated heterocycles. The van der Waals surface area contributed by atoms with Crippen LogP contribution in [0.5, 0.6) is 0 Å². The lowest BCUT2D eigenvalue weighted by atomic mass is 10.1. The Morgan fingerprint density at radius 2 is 2.14 bits per heavy atom. The van der Waals surface area contributed by atoms with Crippen LogP contribution in [0.3, 0.4) is 0 Å². The molecule has 1 atom stereocenters. The van der Waals surface area contributed by atoms with Gasteiger partial charge in [-0.2, -0.15) is 0 Å². The van der Waals surface area contributed by atoms with E-state index in [4.69, 9.17) is 18.9 Å². The van der Waals surface area contributed by atoms with Gasteiger partial charge in [0, 0.05) is 39.1 Å². The summed E-state index contributed by atoms with van der Waals surface area (Å²) in [6.45, 7) is 5.50. The number of hydrogen-bond donors (Lipinski definition) is 1. The Morgan fingerprint density at radius 3 is 2.93 bits per heavy atom. The molecule has 0 amide bonds. The third-order valence-electron chi connectivity index (χ3n) is 4.84. The molecule has 3 rings (SSSR count). The van der Waals surface area contributed by atoms with E-state index in [-0.39, 0.29) is 0 Å². The minimum absolute atomic E-state index is 0.531. The number of methoxy groups -OCH3 is 1. The minimum atomic E-state index is 0.531. The molecule has 0 radical (unpaired) electrons. The fraction of sp³-hybridized carbons (Fsp3) is 0.500. The molecule has 1 unspecified atom stereocenters. The maximum Gasteiger partial charge on any atom is 0.194 e. The average Bonchev–Trinajstić information content (AvgIpc) is 3.40. The maximum atomic E-state index is 5.94. The normalized spacial score (nSPS) is 17.2. The highest BCUT2D eigenvalue weighted by Gasteiger charge is 2.25. The van der Waals surface area contributed by atoms with Gasteiger partial charge in [0.1, 0.15) is 5.76 Å². The van der Waals surface area contributed by atoms with Crippen molar-refractivity contribution < 1.29 is 13.9 Å². The molecular formula is C22H31N3O3. The Morgan fingerprint density at radius 1 is 1.25 bits per heavy atom. The molecule has 0 bridgehead atoms. The number of likely N-dealkylation sites (tertiary alicyclic amines) is 1. The number of guanidine groups is 1. The van der Waals surface area contributed by atoms with Gasteiger partial charge in [-0.05, 0) is 24.1 Å². The van der Waals surface area contributed by atoms with Crippen LogP contribution in [0.2, 0.25) is 0 Å². The monoisotopic (exact) mass is 385 g/mol. The van der Waals surface area contributed by atoms with E-state index in [1.807, 2.05) is 30.3 Å². The lowest BCUT2D eigenvalue weighted by Gasteiger charge is -2.22. The Balaban J connectivity index is 1.44. The molecule has 1 aliphatic rings. The molecule has 0 saturated carbocycles. The van der Waals surface area contributed by atoms with Gasteiger partial charge in [0.25, 0.3) is 0 Å². The second kappa shape index (κ2) is 11.5. The summed E-state index contributed by atoms with van der Waals surface area (Å²) in [5.74, 6) is 2.47. The summed E-state index contributed by atoms with van der Waals surface area (Å²) in [7, 11) is 1.70. The minimum Gasteiger partial charge on any atom is -0.469 e. The van der Waals surface area contributed by atoms with E-state index in [1.165, 1.54) is 5.56 Å². The Labute approximate surface area is 167 Å². The van der Waals surface area contributed by atoms with Crippen molar-refractivity contribution in [3.63, 3.8) is 0 Å². The molecule has 2 heterocycles. The molecule has 152 valence electrons. The highest BCUT2D eigenvalue weighted by Crippen LogP contribution is 2.17. The van der Waals surface area contributed by atoms with Gasteiger partial charge in [0.15, 0.2) is 5.96 Å². The Hall–Kier alpha value is -2.31. The highest BCUT2D eigenvalue weighted by atomic mass is 16.5.